The van der Waals surface area contributed by atoms with Crippen LogP contribution in [0.1, 0.15) is 46.3 Å². The van der Waals surface area contributed by atoms with E-state index >= 15 is 0 Å². The van der Waals surface area contributed by atoms with Crippen LogP contribution in [0.4, 0.5) is 0 Å². The molecule has 2 aliphatic rings. The SMILES string of the molecule is COCc1noc(C[C@@H]2CN(C(=O)c3n[nH]c4c3CCCC4)CCO2)n1. The molecule has 0 saturated carbocycles. The molecule has 0 spiro atoms. The van der Waals surface area contributed by atoms with Crippen molar-refractivity contribution in [1.82, 2.24) is 25.2 Å². The Bertz CT molecular complexity index is 771. The number of hydrogen-bond acceptors (Lipinski definition) is 7. The van der Waals surface area contributed by atoms with Crippen molar-refractivity contribution in [2.45, 2.75) is 44.8 Å². The summed E-state index contributed by atoms with van der Waals surface area (Å²) in [6.45, 7) is 1.85. The average molecular weight is 361 g/mol. The summed E-state index contributed by atoms with van der Waals surface area (Å²) in [6.07, 6.45) is 4.46. The van der Waals surface area contributed by atoms with E-state index in [-0.39, 0.29) is 12.0 Å². The molecule has 0 bridgehead atoms. The van der Waals surface area contributed by atoms with E-state index in [1.54, 1.807) is 7.11 Å². The zero-order valence-electron chi connectivity index (χ0n) is 14.9. The van der Waals surface area contributed by atoms with Crippen LogP contribution in [0.3, 0.4) is 0 Å². The van der Waals surface area contributed by atoms with Crippen LogP contribution in [0.5, 0.6) is 0 Å². The lowest BCUT2D eigenvalue weighted by Crippen LogP contribution is -2.46. The third kappa shape index (κ3) is 3.49. The van der Waals surface area contributed by atoms with Gasteiger partial charge in [-0.2, -0.15) is 10.1 Å². The quantitative estimate of drug-likeness (QED) is 0.843. The molecule has 140 valence electrons. The predicted molar refractivity (Wildman–Crippen MR) is 89.6 cm³/mol. The highest BCUT2D eigenvalue weighted by atomic mass is 16.5. The lowest BCUT2D eigenvalue weighted by Gasteiger charge is -2.32. The molecule has 4 rings (SSSR count). The number of hydrogen-bond donors (Lipinski definition) is 1. The second kappa shape index (κ2) is 7.55. The summed E-state index contributed by atoms with van der Waals surface area (Å²) in [4.78, 5) is 19.0. The van der Waals surface area contributed by atoms with Crippen LogP contribution in [0.25, 0.3) is 0 Å². The largest absolute Gasteiger partial charge is 0.377 e. The molecule has 0 aromatic carbocycles. The Balaban J connectivity index is 1.41. The normalized spacial score (nSPS) is 20.2. The first-order valence-electron chi connectivity index (χ1n) is 9.02. The van der Waals surface area contributed by atoms with Crippen molar-refractivity contribution in [2.24, 2.45) is 0 Å². The van der Waals surface area contributed by atoms with Gasteiger partial charge < -0.3 is 18.9 Å². The molecule has 9 heteroatoms. The fourth-order valence-corrected chi connectivity index (χ4v) is 3.59. The maximum absolute atomic E-state index is 12.9. The Morgan fingerprint density at radius 3 is 3.15 bits per heavy atom. The minimum atomic E-state index is -0.168. The minimum Gasteiger partial charge on any atom is -0.377 e. The van der Waals surface area contributed by atoms with Gasteiger partial charge in [0.15, 0.2) is 11.5 Å². The number of morpholine rings is 1. The predicted octanol–water partition coefficient (Wildman–Crippen LogP) is 0.902. The van der Waals surface area contributed by atoms with E-state index in [9.17, 15) is 4.79 Å². The molecule has 1 aliphatic heterocycles. The molecule has 0 radical (unpaired) electrons. The maximum atomic E-state index is 12.9. The van der Waals surface area contributed by atoms with Crippen molar-refractivity contribution in [3.63, 3.8) is 0 Å². The van der Waals surface area contributed by atoms with Gasteiger partial charge >= 0.3 is 0 Å². The summed E-state index contributed by atoms with van der Waals surface area (Å²) in [7, 11) is 1.58. The molecule has 26 heavy (non-hydrogen) atoms. The molecule has 1 N–H and O–H groups in total. The number of aryl methyl sites for hydroxylation is 1. The highest BCUT2D eigenvalue weighted by Crippen LogP contribution is 2.24. The average Bonchev–Trinajstić information content (AvgIpc) is 3.28. The molecule has 1 atom stereocenters. The molecule has 1 fully saturated rings. The first-order chi connectivity index (χ1) is 12.7. The highest BCUT2D eigenvalue weighted by Gasteiger charge is 2.30. The van der Waals surface area contributed by atoms with Gasteiger partial charge in [0, 0.05) is 31.5 Å². The number of aromatic nitrogens is 4. The maximum Gasteiger partial charge on any atom is 0.274 e. The first-order valence-corrected chi connectivity index (χ1v) is 9.02. The van der Waals surface area contributed by atoms with E-state index in [0.29, 0.717) is 50.1 Å². The van der Waals surface area contributed by atoms with Gasteiger partial charge in [0.1, 0.15) is 6.61 Å². The summed E-state index contributed by atoms with van der Waals surface area (Å²) < 4.78 is 16.0. The fourth-order valence-electron chi connectivity index (χ4n) is 3.59. The molecule has 0 unspecified atom stereocenters. The second-order valence-electron chi connectivity index (χ2n) is 6.72. The van der Waals surface area contributed by atoms with Crippen LogP contribution >= 0.6 is 0 Å². The van der Waals surface area contributed by atoms with Crippen LogP contribution in [0, 0.1) is 0 Å². The molecule has 1 amide bonds. The number of amides is 1. The number of methoxy groups -OCH3 is 1. The van der Waals surface area contributed by atoms with Crippen LogP contribution in [-0.4, -0.2) is 64.1 Å². The van der Waals surface area contributed by atoms with Crippen molar-refractivity contribution in [1.29, 1.82) is 0 Å². The van der Waals surface area contributed by atoms with Gasteiger partial charge in [0.25, 0.3) is 5.91 Å². The van der Waals surface area contributed by atoms with E-state index in [1.807, 2.05) is 4.90 Å². The summed E-state index contributed by atoms with van der Waals surface area (Å²) in [6, 6.07) is 0. The Hall–Kier alpha value is -2.26. The lowest BCUT2D eigenvalue weighted by atomic mass is 9.95. The zero-order valence-corrected chi connectivity index (χ0v) is 14.9. The third-order valence-corrected chi connectivity index (χ3v) is 4.87. The second-order valence-corrected chi connectivity index (χ2v) is 6.72. The topological polar surface area (TPSA) is 106 Å². The van der Waals surface area contributed by atoms with Crippen LogP contribution < -0.4 is 0 Å². The smallest absolute Gasteiger partial charge is 0.274 e. The van der Waals surface area contributed by atoms with Crippen molar-refractivity contribution in [3.05, 3.63) is 28.7 Å². The lowest BCUT2D eigenvalue weighted by molar-refractivity contribution is -0.0239. The first kappa shape index (κ1) is 17.2. The van der Waals surface area contributed by atoms with Crippen molar-refractivity contribution < 1.29 is 18.8 Å². The molecule has 9 nitrogen and oxygen atoms in total. The molecular weight excluding hydrogens is 338 g/mol. The number of rotatable bonds is 5. The number of fused-ring (bicyclic) bond motifs is 1. The van der Waals surface area contributed by atoms with Crippen LogP contribution in [0.15, 0.2) is 4.52 Å². The zero-order chi connectivity index (χ0) is 17.9. The van der Waals surface area contributed by atoms with Gasteiger partial charge in [-0.05, 0) is 25.7 Å². The molecule has 2 aromatic heterocycles. The summed E-state index contributed by atoms with van der Waals surface area (Å²) in [5.74, 6) is 0.978. The standard InChI is InChI=1S/C17H23N5O4/c1-24-10-14-18-15(26-21-14)8-11-9-22(6-7-25-11)17(23)16-12-4-2-3-5-13(12)19-20-16/h11H,2-10H2,1H3,(H,19,20)/t11-/m1/s1. The van der Waals surface area contributed by atoms with Crippen LogP contribution in [0.2, 0.25) is 0 Å². The molecule has 1 aliphatic carbocycles. The molecule has 2 aromatic rings. The van der Waals surface area contributed by atoms with Gasteiger partial charge in [-0.3, -0.25) is 9.89 Å². The summed E-state index contributed by atoms with van der Waals surface area (Å²) in [5, 5.41) is 11.2. The Labute approximate surface area is 151 Å². The number of aromatic amines is 1. The van der Waals surface area contributed by atoms with E-state index in [1.165, 1.54) is 0 Å². The molecule has 1 saturated heterocycles. The number of nitrogens with one attached hydrogen (secondary N) is 1. The van der Waals surface area contributed by atoms with E-state index in [0.717, 1.165) is 36.9 Å². The van der Waals surface area contributed by atoms with Gasteiger partial charge in [-0.15, -0.1) is 0 Å². The van der Waals surface area contributed by atoms with Gasteiger partial charge in [0.2, 0.25) is 5.89 Å². The summed E-state index contributed by atoms with van der Waals surface area (Å²) in [5.41, 5.74) is 2.77. The molecular formula is C17H23N5O4. The minimum absolute atomic E-state index is 0.0247. The fraction of sp³-hybridized carbons (Fsp3) is 0.647. The Morgan fingerprint density at radius 2 is 2.27 bits per heavy atom. The van der Waals surface area contributed by atoms with Crippen LogP contribution in [-0.2, 0) is 35.3 Å². The van der Waals surface area contributed by atoms with Gasteiger partial charge in [-0.25, -0.2) is 0 Å². The third-order valence-electron chi connectivity index (χ3n) is 4.87. The van der Waals surface area contributed by atoms with Crippen molar-refractivity contribution >= 4 is 5.91 Å². The number of nitrogens with zero attached hydrogens (tertiary/aromatic N) is 4. The van der Waals surface area contributed by atoms with E-state index in [4.69, 9.17) is 14.0 Å². The van der Waals surface area contributed by atoms with Crippen molar-refractivity contribution in [2.75, 3.05) is 26.8 Å². The molecule has 3 heterocycles. The highest BCUT2D eigenvalue weighted by molar-refractivity contribution is 5.94. The van der Waals surface area contributed by atoms with E-state index in [2.05, 4.69) is 20.3 Å². The number of carbonyl (C=O) groups is 1. The monoisotopic (exact) mass is 361 g/mol. The Morgan fingerprint density at radius 1 is 1.38 bits per heavy atom. The Kier molecular flexibility index (Phi) is 4.98. The summed E-state index contributed by atoms with van der Waals surface area (Å²) >= 11 is 0. The number of H-pyrrole nitrogens is 1. The van der Waals surface area contributed by atoms with Gasteiger partial charge in [-0.1, -0.05) is 5.16 Å². The van der Waals surface area contributed by atoms with Crippen molar-refractivity contribution in [3.8, 4) is 0 Å². The number of ether oxygens (including phenoxy) is 2. The van der Waals surface area contributed by atoms with E-state index < -0.39 is 0 Å². The van der Waals surface area contributed by atoms with Gasteiger partial charge in [0.05, 0.1) is 19.1 Å². The number of carbonyl (C=O) groups excluding carboxylic acids is 1.